The molecule has 6 heteroatoms. The summed E-state index contributed by atoms with van der Waals surface area (Å²) in [6.07, 6.45) is -1.99. The fraction of sp³-hybridized carbons (Fsp3) is 0.417. The molecule has 102 valence electrons. The van der Waals surface area contributed by atoms with E-state index in [2.05, 4.69) is 4.74 Å². The van der Waals surface area contributed by atoms with Crippen molar-refractivity contribution in [1.29, 1.82) is 0 Å². The molecule has 0 spiro atoms. The first kappa shape index (κ1) is 16.8. The zero-order valence-electron chi connectivity index (χ0n) is 10.2. The van der Waals surface area contributed by atoms with Crippen molar-refractivity contribution in [3.05, 3.63) is 35.1 Å². The van der Waals surface area contributed by atoms with Gasteiger partial charge in [0.1, 0.15) is 5.82 Å². The number of hydrogen-bond acceptors (Lipinski definition) is 3. The van der Waals surface area contributed by atoms with Gasteiger partial charge in [-0.15, -0.1) is 12.4 Å². The molecule has 1 aromatic carbocycles. The van der Waals surface area contributed by atoms with Crippen LogP contribution in [0.5, 0.6) is 0 Å². The lowest BCUT2D eigenvalue weighted by Crippen LogP contribution is -2.32. The Bertz CT molecular complexity index is 415. The number of alkyl halides is 1. The van der Waals surface area contributed by atoms with Crippen molar-refractivity contribution in [2.45, 2.75) is 26.1 Å². The first-order chi connectivity index (χ1) is 7.97. The Balaban J connectivity index is 0.00000289. The summed E-state index contributed by atoms with van der Waals surface area (Å²) in [4.78, 5) is 11.2. The second kappa shape index (κ2) is 7.28. The molecule has 0 amide bonds. The zero-order valence-corrected chi connectivity index (χ0v) is 11.0. The van der Waals surface area contributed by atoms with E-state index >= 15 is 0 Å². The molecule has 1 unspecified atom stereocenters. The minimum atomic E-state index is -1.99. The van der Waals surface area contributed by atoms with Crippen molar-refractivity contribution < 1.29 is 18.3 Å². The van der Waals surface area contributed by atoms with Crippen molar-refractivity contribution in [2.24, 2.45) is 5.73 Å². The lowest BCUT2D eigenvalue weighted by atomic mass is 9.98. The Morgan fingerprint density at radius 1 is 1.50 bits per heavy atom. The maximum atomic E-state index is 13.7. The number of benzene rings is 1. The molecule has 0 heterocycles. The summed E-state index contributed by atoms with van der Waals surface area (Å²) in [6, 6.07) is 2.65. The number of aryl methyl sites for hydroxylation is 1. The van der Waals surface area contributed by atoms with E-state index in [1.165, 1.54) is 12.1 Å². The van der Waals surface area contributed by atoms with Gasteiger partial charge in [-0.1, -0.05) is 6.07 Å². The molecular weight excluding hydrogens is 264 g/mol. The summed E-state index contributed by atoms with van der Waals surface area (Å²) in [7, 11) is 0. The summed E-state index contributed by atoms with van der Waals surface area (Å²) in [5, 5.41) is 0. The number of carbonyl (C=O) groups excluding carboxylic acids is 1. The molecule has 0 aromatic heterocycles. The number of esters is 1. The van der Waals surface area contributed by atoms with Gasteiger partial charge in [0.15, 0.2) is 0 Å². The van der Waals surface area contributed by atoms with Gasteiger partial charge in [-0.25, -0.2) is 13.6 Å². The van der Waals surface area contributed by atoms with Gasteiger partial charge in [0.2, 0.25) is 6.17 Å². The minimum Gasteiger partial charge on any atom is -0.464 e. The van der Waals surface area contributed by atoms with Crippen molar-refractivity contribution in [2.75, 3.05) is 6.61 Å². The topological polar surface area (TPSA) is 52.3 Å². The Morgan fingerprint density at radius 2 is 2.11 bits per heavy atom. The van der Waals surface area contributed by atoms with Crippen LogP contribution in [0.25, 0.3) is 0 Å². The zero-order chi connectivity index (χ0) is 13.0. The standard InChI is InChI=1S/C12H15F2NO2.ClH/c1-3-17-12(16)10(14)11(15)9-6-8(13)5-4-7(9)2;/h4-6,10-11H,3,15H2,1-2H3;1H/t10?,11-;/m1./s1. The molecule has 2 N–H and O–H groups in total. The number of hydrogen-bond donors (Lipinski definition) is 1. The smallest absolute Gasteiger partial charge is 0.342 e. The van der Waals surface area contributed by atoms with Crippen molar-refractivity contribution >= 4 is 18.4 Å². The predicted molar refractivity (Wildman–Crippen MR) is 66.8 cm³/mol. The second-order valence-corrected chi connectivity index (χ2v) is 3.68. The summed E-state index contributed by atoms with van der Waals surface area (Å²) in [5.41, 5.74) is 6.50. The molecule has 3 nitrogen and oxygen atoms in total. The molecule has 1 aromatic rings. The largest absolute Gasteiger partial charge is 0.464 e. The molecule has 0 radical (unpaired) electrons. The lowest BCUT2D eigenvalue weighted by molar-refractivity contribution is -0.149. The van der Waals surface area contributed by atoms with Crippen LogP contribution in [0.15, 0.2) is 18.2 Å². The SMILES string of the molecule is CCOC(=O)C(F)[C@H](N)c1cc(F)ccc1C.Cl. The van der Waals surface area contributed by atoms with Crippen LogP contribution in [-0.4, -0.2) is 18.7 Å². The van der Waals surface area contributed by atoms with Crippen LogP contribution in [-0.2, 0) is 9.53 Å². The normalized spacial score (nSPS) is 13.4. The molecule has 0 aliphatic heterocycles. The first-order valence-electron chi connectivity index (χ1n) is 5.29. The highest BCUT2D eigenvalue weighted by atomic mass is 35.5. The number of nitrogens with two attached hydrogens (primary N) is 1. The van der Waals surface area contributed by atoms with Crippen molar-refractivity contribution in [3.8, 4) is 0 Å². The van der Waals surface area contributed by atoms with Crippen LogP contribution in [0.2, 0.25) is 0 Å². The van der Waals surface area contributed by atoms with E-state index < -0.39 is 24.0 Å². The van der Waals surface area contributed by atoms with E-state index in [0.717, 1.165) is 6.07 Å². The number of rotatable bonds is 4. The van der Waals surface area contributed by atoms with Crippen LogP contribution in [0.4, 0.5) is 8.78 Å². The molecule has 0 aliphatic carbocycles. The minimum absolute atomic E-state index is 0. The summed E-state index contributed by atoms with van der Waals surface area (Å²) >= 11 is 0. The highest BCUT2D eigenvalue weighted by molar-refractivity contribution is 5.85. The van der Waals surface area contributed by atoms with Gasteiger partial charge in [-0.3, -0.25) is 0 Å². The van der Waals surface area contributed by atoms with E-state index in [1.807, 2.05) is 0 Å². The molecule has 18 heavy (non-hydrogen) atoms. The van der Waals surface area contributed by atoms with Crippen LogP contribution >= 0.6 is 12.4 Å². The molecule has 0 bridgehead atoms. The van der Waals surface area contributed by atoms with Crippen molar-refractivity contribution in [1.82, 2.24) is 0 Å². The average molecular weight is 280 g/mol. The monoisotopic (exact) mass is 279 g/mol. The Kier molecular flexibility index (Phi) is 6.80. The highest BCUT2D eigenvalue weighted by Crippen LogP contribution is 2.22. The Morgan fingerprint density at radius 3 is 2.67 bits per heavy atom. The maximum absolute atomic E-state index is 13.7. The fourth-order valence-electron chi connectivity index (χ4n) is 1.50. The fourth-order valence-corrected chi connectivity index (χ4v) is 1.50. The van der Waals surface area contributed by atoms with E-state index in [1.54, 1.807) is 13.8 Å². The van der Waals surface area contributed by atoms with Gasteiger partial charge in [-0.05, 0) is 37.1 Å². The van der Waals surface area contributed by atoms with Gasteiger partial charge < -0.3 is 10.5 Å². The van der Waals surface area contributed by atoms with Crippen LogP contribution < -0.4 is 5.73 Å². The second-order valence-electron chi connectivity index (χ2n) is 3.68. The molecule has 0 saturated carbocycles. The Labute approximate surface area is 111 Å². The lowest BCUT2D eigenvalue weighted by Gasteiger charge is -2.17. The number of halogens is 3. The van der Waals surface area contributed by atoms with E-state index in [-0.39, 0.29) is 24.6 Å². The predicted octanol–water partition coefficient (Wildman–Crippen LogP) is 2.46. The molecule has 0 aliphatic rings. The van der Waals surface area contributed by atoms with Gasteiger partial charge in [0.25, 0.3) is 0 Å². The summed E-state index contributed by atoms with van der Waals surface area (Å²) in [5.74, 6) is -1.54. The van der Waals surface area contributed by atoms with Crippen LogP contribution in [0.3, 0.4) is 0 Å². The average Bonchev–Trinajstić information content (AvgIpc) is 2.30. The van der Waals surface area contributed by atoms with Crippen LogP contribution in [0.1, 0.15) is 24.1 Å². The van der Waals surface area contributed by atoms with Gasteiger partial charge in [0.05, 0.1) is 12.6 Å². The molecule has 1 rings (SSSR count). The summed E-state index contributed by atoms with van der Waals surface area (Å²) in [6.45, 7) is 3.32. The first-order valence-corrected chi connectivity index (χ1v) is 5.29. The number of ether oxygens (including phenoxy) is 1. The Hall–Kier alpha value is -1.20. The molecule has 0 fully saturated rings. The quantitative estimate of drug-likeness (QED) is 0.862. The molecule has 0 saturated heterocycles. The third-order valence-electron chi connectivity index (χ3n) is 2.43. The van der Waals surface area contributed by atoms with Gasteiger partial charge in [-0.2, -0.15) is 0 Å². The maximum Gasteiger partial charge on any atom is 0.342 e. The van der Waals surface area contributed by atoms with Crippen LogP contribution in [0, 0.1) is 12.7 Å². The third kappa shape index (κ3) is 3.92. The molecular formula is C12H16ClF2NO2. The van der Waals surface area contributed by atoms with Gasteiger partial charge >= 0.3 is 5.97 Å². The van der Waals surface area contributed by atoms with E-state index in [4.69, 9.17) is 5.73 Å². The van der Waals surface area contributed by atoms with Gasteiger partial charge in [0, 0.05) is 0 Å². The van der Waals surface area contributed by atoms with E-state index in [0.29, 0.717) is 5.56 Å². The molecule has 2 atom stereocenters. The number of carbonyl (C=O) groups is 1. The highest BCUT2D eigenvalue weighted by Gasteiger charge is 2.28. The summed E-state index contributed by atoms with van der Waals surface area (Å²) < 4.78 is 31.2. The van der Waals surface area contributed by atoms with E-state index in [9.17, 15) is 13.6 Å². The van der Waals surface area contributed by atoms with Crippen molar-refractivity contribution in [3.63, 3.8) is 0 Å². The third-order valence-corrected chi connectivity index (χ3v) is 2.43.